The molecule has 1 aromatic carbocycles. The van der Waals surface area contributed by atoms with Crippen LogP contribution in [-0.4, -0.2) is 20.2 Å². The van der Waals surface area contributed by atoms with E-state index in [1.807, 2.05) is 6.07 Å². The molecule has 0 spiro atoms. The van der Waals surface area contributed by atoms with Gasteiger partial charge in [-0.1, -0.05) is 25.1 Å². The topological polar surface area (TPSA) is 21.3 Å². The molecule has 2 heteroatoms. The lowest BCUT2D eigenvalue weighted by molar-refractivity contribution is 0.321. The van der Waals surface area contributed by atoms with Crippen LogP contribution in [0.1, 0.15) is 25.3 Å². The number of nitrogens with one attached hydrogen (secondary N) is 1. The summed E-state index contributed by atoms with van der Waals surface area (Å²) < 4.78 is 5.44. The Morgan fingerprint density at radius 1 is 1.33 bits per heavy atom. The largest absolute Gasteiger partial charge is 0.496 e. The molecule has 0 bridgehead atoms. The van der Waals surface area contributed by atoms with Crippen molar-refractivity contribution in [3.8, 4) is 5.75 Å². The Morgan fingerprint density at radius 2 is 2.13 bits per heavy atom. The Labute approximate surface area is 91.6 Å². The molecule has 1 aliphatic heterocycles. The van der Waals surface area contributed by atoms with Gasteiger partial charge in [-0.15, -0.1) is 0 Å². The molecule has 0 radical (unpaired) electrons. The van der Waals surface area contributed by atoms with Crippen molar-refractivity contribution < 1.29 is 4.74 Å². The zero-order valence-electron chi connectivity index (χ0n) is 9.55. The van der Waals surface area contributed by atoms with Crippen LogP contribution in [0.5, 0.6) is 5.75 Å². The monoisotopic (exact) mass is 205 g/mol. The predicted molar refractivity (Wildman–Crippen MR) is 62.4 cm³/mol. The maximum absolute atomic E-state index is 5.44. The molecule has 1 atom stereocenters. The van der Waals surface area contributed by atoms with E-state index in [1.165, 1.54) is 18.4 Å². The minimum absolute atomic E-state index is 0.227. The van der Waals surface area contributed by atoms with Crippen LogP contribution < -0.4 is 10.1 Å². The highest BCUT2D eigenvalue weighted by Gasteiger charge is 2.30. The van der Waals surface area contributed by atoms with Crippen LogP contribution in [0.3, 0.4) is 0 Å². The van der Waals surface area contributed by atoms with Crippen molar-refractivity contribution in [1.82, 2.24) is 5.32 Å². The van der Waals surface area contributed by atoms with Gasteiger partial charge in [0, 0.05) is 17.5 Å². The van der Waals surface area contributed by atoms with E-state index in [1.54, 1.807) is 7.11 Å². The number of benzene rings is 1. The van der Waals surface area contributed by atoms with Gasteiger partial charge in [0.15, 0.2) is 0 Å². The molecule has 0 aromatic heterocycles. The van der Waals surface area contributed by atoms with Gasteiger partial charge in [0.05, 0.1) is 7.11 Å². The lowest BCUT2D eigenvalue weighted by Crippen LogP contribution is -2.41. The average molecular weight is 205 g/mol. The van der Waals surface area contributed by atoms with Gasteiger partial charge in [0.1, 0.15) is 5.75 Å². The van der Waals surface area contributed by atoms with Crippen LogP contribution >= 0.6 is 0 Å². The van der Waals surface area contributed by atoms with E-state index < -0.39 is 0 Å². The van der Waals surface area contributed by atoms with Gasteiger partial charge in [-0.25, -0.2) is 0 Å². The second-order valence-electron chi connectivity index (χ2n) is 4.54. The van der Waals surface area contributed by atoms with E-state index >= 15 is 0 Å². The van der Waals surface area contributed by atoms with E-state index in [9.17, 15) is 0 Å². The molecule has 1 aliphatic rings. The van der Waals surface area contributed by atoms with Crippen molar-refractivity contribution in [2.75, 3.05) is 20.2 Å². The lowest BCUT2D eigenvalue weighted by Gasteiger charge is -2.35. The van der Waals surface area contributed by atoms with Gasteiger partial charge >= 0.3 is 0 Å². The summed E-state index contributed by atoms with van der Waals surface area (Å²) in [6, 6.07) is 8.36. The molecule has 15 heavy (non-hydrogen) atoms. The summed E-state index contributed by atoms with van der Waals surface area (Å²) in [6.45, 7) is 4.51. The van der Waals surface area contributed by atoms with Gasteiger partial charge in [-0.05, 0) is 25.5 Å². The smallest absolute Gasteiger partial charge is 0.122 e. The highest BCUT2D eigenvalue weighted by molar-refractivity contribution is 5.39. The minimum atomic E-state index is 0.227. The Bertz CT molecular complexity index is 329. The van der Waals surface area contributed by atoms with Crippen molar-refractivity contribution in [2.24, 2.45) is 0 Å². The van der Waals surface area contributed by atoms with Crippen LogP contribution in [0.25, 0.3) is 0 Å². The Morgan fingerprint density at radius 3 is 2.80 bits per heavy atom. The van der Waals surface area contributed by atoms with E-state index in [0.29, 0.717) is 0 Å². The fraction of sp³-hybridized carbons (Fsp3) is 0.538. The van der Waals surface area contributed by atoms with E-state index in [-0.39, 0.29) is 5.41 Å². The predicted octanol–water partition coefficient (Wildman–Crippen LogP) is 2.34. The second-order valence-corrected chi connectivity index (χ2v) is 4.54. The van der Waals surface area contributed by atoms with Gasteiger partial charge in [0.25, 0.3) is 0 Å². The molecule has 1 fully saturated rings. The summed E-state index contributed by atoms with van der Waals surface area (Å²) in [5.41, 5.74) is 1.56. The van der Waals surface area contributed by atoms with Crippen LogP contribution in [0.15, 0.2) is 24.3 Å². The molecule has 1 aromatic rings. The quantitative estimate of drug-likeness (QED) is 0.800. The standard InChI is InChI=1S/C13H19NO/c1-13(8-5-9-14-10-13)11-6-3-4-7-12(11)15-2/h3-4,6-7,14H,5,8-10H2,1-2H3. The first-order valence-electron chi connectivity index (χ1n) is 5.60. The summed E-state index contributed by atoms with van der Waals surface area (Å²) in [7, 11) is 1.75. The van der Waals surface area contributed by atoms with Crippen molar-refractivity contribution >= 4 is 0 Å². The summed E-state index contributed by atoms with van der Waals surface area (Å²) in [5, 5.41) is 3.47. The van der Waals surface area contributed by atoms with Gasteiger partial charge in [-0.2, -0.15) is 0 Å². The maximum Gasteiger partial charge on any atom is 0.122 e. The molecular formula is C13H19NO. The third-order valence-corrected chi connectivity index (χ3v) is 3.35. The third kappa shape index (κ3) is 2.00. The Balaban J connectivity index is 2.34. The first kappa shape index (κ1) is 10.5. The van der Waals surface area contributed by atoms with Crippen molar-refractivity contribution in [3.05, 3.63) is 29.8 Å². The van der Waals surface area contributed by atoms with Crippen LogP contribution in [-0.2, 0) is 5.41 Å². The molecular weight excluding hydrogens is 186 g/mol. The first-order chi connectivity index (χ1) is 7.26. The van der Waals surface area contributed by atoms with Gasteiger partial charge in [0.2, 0.25) is 0 Å². The summed E-state index contributed by atoms with van der Waals surface area (Å²) in [4.78, 5) is 0. The van der Waals surface area contributed by atoms with Crippen LogP contribution in [0.4, 0.5) is 0 Å². The highest BCUT2D eigenvalue weighted by atomic mass is 16.5. The molecule has 1 unspecified atom stereocenters. The fourth-order valence-corrected chi connectivity index (χ4v) is 2.43. The third-order valence-electron chi connectivity index (χ3n) is 3.35. The molecule has 0 saturated carbocycles. The van der Waals surface area contributed by atoms with Crippen molar-refractivity contribution in [2.45, 2.75) is 25.2 Å². The van der Waals surface area contributed by atoms with Crippen LogP contribution in [0, 0.1) is 0 Å². The van der Waals surface area contributed by atoms with E-state index in [2.05, 4.69) is 30.4 Å². The molecule has 2 rings (SSSR count). The number of ether oxygens (including phenoxy) is 1. The zero-order chi connectivity index (χ0) is 10.7. The average Bonchev–Trinajstić information content (AvgIpc) is 2.30. The number of methoxy groups -OCH3 is 1. The molecule has 0 amide bonds. The molecule has 1 N–H and O–H groups in total. The molecule has 2 nitrogen and oxygen atoms in total. The van der Waals surface area contributed by atoms with E-state index in [4.69, 9.17) is 4.74 Å². The number of hydrogen-bond donors (Lipinski definition) is 1. The van der Waals surface area contributed by atoms with Crippen LogP contribution in [0.2, 0.25) is 0 Å². The summed E-state index contributed by atoms with van der Waals surface area (Å²) in [6.07, 6.45) is 2.48. The molecule has 1 saturated heterocycles. The van der Waals surface area contributed by atoms with Crippen molar-refractivity contribution in [1.29, 1.82) is 0 Å². The number of para-hydroxylation sites is 1. The highest BCUT2D eigenvalue weighted by Crippen LogP contribution is 2.36. The van der Waals surface area contributed by atoms with Gasteiger partial charge in [-0.3, -0.25) is 0 Å². The zero-order valence-corrected chi connectivity index (χ0v) is 9.55. The number of hydrogen-bond acceptors (Lipinski definition) is 2. The first-order valence-corrected chi connectivity index (χ1v) is 5.60. The normalized spacial score (nSPS) is 26.3. The maximum atomic E-state index is 5.44. The van der Waals surface area contributed by atoms with Gasteiger partial charge < -0.3 is 10.1 Å². The summed E-state index contributed by atoms with van der Waals surface area (Å²) in [5.74, 6) is 1.02. The second kappa shape index (κ2) is 4.23. The Kier molecular flexibility index (Phi) is 2.96. The minimum Gasteiger partial charge on any atom is -0.496 e. The van der Waals surface area contributed by atoms with E-state index in [0.717, 1.165) is 18.8 Å². The fourth-order valence-electron chi connectivity index (χ4n) is 2.43. The number of rotatable bonds is 2. The number of piperidine rings is 1. The SMILES string of the molecule is COc1ccccc1C1(C)CCCNC1. The lowest BCUT2D eigenvalue weighted by atomic mass is 9.76. The van der Waals surface area contributed by atoms with Crippen molar-refractivity contribution in [3.63, 3.8) is 0 Å². The molecule has 1 heterocycles. The molecule has 0 aliphatic carbocycles. The summed E-state index contributed by atoms with van der Waals surface area (Å²) >= 11 is 0. The molecule has 82 valence electrons. The Hall–Kier alpha value is -1.02.